The van der Waals surface area contributed by atoms with Gasteiger partial charge in [-0.3, -0.25) is 9.59 Å². The predicted molar refractivity (Wildman–Crippen MR) is 176 cm³/mol. The van der Waals surface area contributed by atoms with Gasteiger partial charge in [0.25, 0.3) is 5.91 Å². The van der Waals surface area contributed by atoms with Gasteiger partial charge in [-0.2, -0.15) is 0 Å². The maximum Gasteiger partial charge on any atom is 0.251 e. The van der Waals surface area contributed by atoms with Crippen molar-refractivity contribution in [3.63, 3.8) is 0 Å². The smallest absolute Gasteiger partial charge is 0.251 e. The van der Waals surface area contributed by atoms with Crippen molar-refractivity contribution in [3.8, 4) is 0 Å². The minimum Gasteiger partial charge on any atom is -0.390 e. The van der Waals surface area contributed by atoms with E-state index >= 15 is 0 Å². The van der Waals surface area contributed by atoms with Gasteiger partial charge in [0.2, 0.25) is 5.91 Å². The molecule has 1 saturated carbocycles. The SMILES string of the molecule is CCC(NC[C@H](O)[C@H](Cc1ccccc1)NC(=O)c1cc(C2CCCC2)cc(N2CCCC2=O)c1)c1cccc(Cl)c1.Cl. The van der Waals surface area contributed by atoms with Crippen LogP contribution in [0.1, 0.15) is 90.9 Å². The van der Waals surface area contributed by atoms with E-state index in [0.29, 0.717) is 42.4 Å². The second kappa shape index (κ2) is 15.7. The Morgan fingerprint density at radius 1 is 1.02 bits per heavy atom. The van der Waals surface area contributed by atoms with Gasteiger partial charge in [0.15, 0.2) is 0 Å². The number of anilines is 1. The van der Waals surface area contributed by atoms with Crippen LogP contribution in [0, 0.1) is 0 Å². The molecule has 1 heterocycles. The molecular formula is C35H43Cl2N3O3. The molecule has 2 fully saturated rings. The van der Waals surface area contributed by atoms with Crippen LogP contribution in [0.2, 0.25) is 5.02 Å². The van der Waals surface area contributed by atoms with Crippen molar-refractivity contribution >= 4 is 41.5 Å². The van der Waals surface area contributed by atoms with Gasteiger partial charge in [0.05, 0.1) is 12.1 Å². The Morgan fingerprint density at radius 2 is 1.79 bits per heavy atom. The third-order valence-corrected chi connectivity index (χ3v) is 8.96. The molecule has 2 aliphatic rings. The Hall–Kier alpha value is -2.90. The number of amides is 2. The monoisotopic (exact) mass is 623 g/mol. The van der Waals surface area contributed by atoms with Crippen molar-refractivity contribution in [1.82, 2.24) is 10.6 Å². The third kappa shape index (κ3) is 8.60. The number of carbonyl (C=O) groups excluding carboxylic acids is 2. The highest BCUT2D eigenvalue weighted by Gasteiger charge is 2.28. The number of aliphatic hydroxyl groups is 1. The van der Waals surface area contributed by atoms with Crippen molar-refractivity contribution < 1.29 is 14.7 Å². The van der Waals surface area contributed by atoms with Crippen molar-refractivity contribution in [1.29, 1.82) is 0 Å². The summed E-state index contributed by atoms with van der Waals surface area (Å²) in [6.45, 7) is 3.08. The van der Waals surface area contributed by atoms with Gasteiger partial charge >= 0.3 is 0 Å². The number of nitrogens with one attached hydrogen (secondary N) is 2. The zero-order valence-electron chi connectivity index (χ0n) is 24.8. The first-order valence-corrected chi connectivity index (χ1v) is 15.8. The van der Waals surface area contributed by atoms with Crippen LogP contribution in [0.25, 0.3) is 0 Å². The molecule has 3 atom stereocenters. The minimum atomic E-state index is -0.833. The molecule has 3 N–H and O–H groups in total. The van der Waals surface area contributed by atoms with Crippen molar-refractivity contribution in [2.45, 2.75) is 82.4 Å². The fourth-order valence-corrected chi connectivity index (χ4v) is 6.57. The molecule has 1 saturated heterocycles. The quantitative estimate of drug-likeness (QED) is 0.203. The van der Waals surface area contributed by atoms with Crippen LogP contribution in [-0.2, 0) is 11.2 Å². The van der Waals surface area contributed by atoms with Crippen LogP contribution >= 0.6 is 24.0 Å². The normalized spacial score (nSPS) is 17.4. The summed E-state index contributed by atoms with van der Waals surface area (Å²) in [4.78, 5) is 28.3. The summed E-state index contributed by atoms with van der Waals surface area (Å²) < 4.78 is 0. The van der Waals surface area contributed by atoms with Crippen LogP contribution in [0.5, 0.6) is 0 Å². The highest BCUT2D eigenvalue weighted by molar-refractivity contribution is 6.30. The molecule has 230 valence electrons. The number of halogens is 2. The lowest BCUT2D eigenvalue weighted by Gasteiger charge is -2.27. The van der Waals surface area contributed by atoms with E-state index in [0.717, 1.165) is 48.1 Å². The zero-order valence-corrected chi connectivity index (χ0v) is 26.4. The molecule has 3 aromatic carbocycles. The number of nitrogens with zero attached hydrogens (tertiary/aromatic N) is 1. The number of hydrogen-bond acceptors (Lipinski definition) is 4. The minimum absolute atomic E-state index is 0. The first kappa shape index (κ1) is 33.0. The lowest BCUT2D eigenvalue weighted by atomic mass is 9.94. The maximum absolute atomic E-state index is 13.9. The van der Waals surface area contributed by atoms with E-state index in [2.05, 4.69) is 23.6 Å². The molecule has 0 aromatic heterocycles. The van der Waals surface area contributed by atoms with Crippen LogP contribution in [0.4, 0.5) is 5.69 Å². The van der Waals surface area contributed by atoms with E-state index < -0.39 is 12.1 Å². The highest BCUT2D eigenvalue weighted by atomic mass is 35.5. The summed E-state index contributed by atoms with van der Waals surface area (Å²) in [7, 11) is 0. The molecule has 1 unspecified atom stereocenters. The van der Waals surface area contributed by atoms with Gasteiger partial charge in [0, 0.05) is 41.8 Å². The molecule has 3 aromatic rings. The molecule has 8 heteroatoms. The molecular weight excluding hydrogens is 581 g/mol. The maximum atomic E-state index is 13.9. The molecule has 1 aliphatic heterocycles. The number of aliphatic hydroxyl groups excluding tert-OH is 1. The van der Waals surface area contributed by atoms with E-state index in [9.17, 15) is 14.7 Å². The third-order valence-electron chi connectivity index (χ3n) is 8.73. The lowest BCUT2D eigenvalue weighted by molar-refractivity contribution is -0.117. The fourth-order valence-electron chi connectivity index (χ4n) is 6.37. The molecule has 1 aliphatic carbocycles. The average molecular weight is 625 g/mol. The number of hydrogen-bond donors (Lipinski definition) is 3. The Labute approximate surface area is 266 Å². The summed E-state index contributed by atoms with van der Waals surface area (Å²) in [6.07, 6.45) is 6.44. The first-order chi connectivity index (χ1) is 20.4. The van der Waals surface area contributed by atoms with Gasteiger partial charge in [-0.15, -0.1) is 12.4 Å². The van der Waals surface area contributed by atoms with Crippen molar-refractivity contribution in [3.05, 3.63) is 100 Å². The Balaban J connectivity index is 0.00000423. The largest absolute Gasteiger partial charge is 0.390 e. The summed E-state index contributed by atoms with van der Waals surface area (Å²) in [5.41, 5.74) is 4.57. The second-order valence-corrected chi connectivity index (χ2v) is 12.1. The number of carbonyl (C=O) groups is 2. The summed E-state index contributed by atoms with van der Waals surface area (Å²) in [6, 6.07) is 23.1. The molecule has 5 rings (SSSR count). The molecule has 2 amide bonds. The molecule has 0 bridgehead atoms. The van der Waals surface area contributed by atoms with E-state index in [4.69, 9.17) is 11.6 Å². The molecule has 43 heavy (non-hydrogen) atoms. The van der Waals surface area contributed by atoms with Crippen LogP contribution in [0.15, 0.2) is 72.8 Å². The Morgan fingerprint density at radius 3 is 2.47 bits per heavy atom. The van der Waals surface area contributed by atoms with Gasteiger partial charge in [-0.05, 0) is 85.0 Å². The lowest BCUT2D eigenvalue weighted by Crippen LogP contribution is -2.49. The number of benzene rings is 3. The Kier molecular flexibility index (Phi) is 12.1. The Bertz CT molecular complexity index is 1360. The average Bonchev–Trinajstić information content (AvgIpc) is 3.70. The van der Waals surface area contributed by atoms with Gasteiger partial charge < -0.3 is 20.6 Å². The van der Waals surface area contributed by atoms with Crippen molar-refractivity contribution in [2.75, 3.05) is 18.0 Å². The molecule has 0 spiro atoms. The zero-order chi connectivity index (χ0) is 29.5. The molecule has 0 radical (unpaired) electrons. The highest BCUT2D eigenvalue weighted by Crippen LogP contribution is 2.37. The van der Waals surface area contributed by atoms with Gasteiger partial charge in [0.1, 0.15) is 0 Å². The van der Waals surface area contributed by atoms with Crippen LogP contribution in [-0.4, -0.2) is 42.2 Å². The van der Waals surface area contributed by atoms with Crippen molar-refractivity contribution in [2.24, 2.45) is 0 Å². The van der Waals surface area contributed by atoms with Crippen LogP contribution < -0.4 is 15.5 Å². The van der Waals surface area contributed by atoms with E-state index in [1.165, 1.54) is 12.8 Å². The summed E-state index contributed by atoms with van der Waals surface area (Å²) in [5, 5.41) is 18.8. The predicted octanol–water partition coefficient (Wildman–Crippen LogP) is 6.99. The summed E-state index contributed by atoms with van der Waals surface area (Å²) in [5.74, 6) is 0.282. The van der Waals surface area contributed by atoms with E-state index in [1.807, 2.05) is 71.6 Å². The topological polar surface area (TPSA) is 81.7 Å². The van der Waals surface area contributed by atoms with Crippen LogP contribution in [0.3, 0.4) is 0 Å². The number of rotatable bonds is 12. The van der Waals surface area contributed by atoms with Gasteiger partial charge in [-0.1, -0.05) is 73.8 Å². The van der Waals surface area contributed by atoms with E-state index in [1.54, 1.807) is 0 Å². The summed E-state index contributed by atoms with van der Waals surface area (Å²) >= 11 is 6.23. The fraction of sp³-hybridized carbons (Fsp3) is 0.429. The second-order valence-electron chi connectivity index (χ2n) is 11.7. The first-order valence-electron chi connectivity index (χ1n) is 15.4. The standard InChI is InChI=1S/C35H42ClN3O3.ClH/c1-2-31(26-14-8-15-29(36)20-26)37-23-33(40)32(18-24-10-4-3-5-11-24)38-35(42)28-19-27(25-12-6-7-13-25)21-30(22-28)39-17-9-16-34(39)41;/h3-5,8,10-11,14-15,19-22,25,31-33,37,40H,2,6-7,9,12-13,16-18,23H2,1H3,(H,38,42);1H/t31?,32-,33-;/m0./s1. The molecule has 6 nitrogen and oxygen atoms in total. The van der Waals surface area contributed by atoms with E-state index in [-0.39, 0.29) is 30.3 Å². The van der Waals surface area contributed by atoms with Gasteiger partial charge in [-0.25, -0.2) is 0 Å².